The Morgan fingerprint density at radius 1 is 1.29 bits per heavy atom. The number of rotatable bonds is 1. The van der Waals surface area contributed by atoms with Crippen LogP contribution in [-0.4, -0.2) is 18.1 Å². The third-order valence-electron chi connectivity index (χ3n) is 3.25. The van der Waals surface area contributed by atoms with Crippen molar-refractivity contribution in [2.75, 3.05) is 23.7 Å². The number of hydrogen-bond donors (Lipinski definition) is 1. The minimum Gasteiger partial charge on any atom is -0.381 e. The van der Waals surface area contributed by atoms with Crippen molar-refractivity contribution in [1.82, 2.24) is 4.98 Å². The molecule has 1 atom stereocenters. The number of halogens is 2. The van der Waals surface area contributed by atoms with Crippen molar-refractivity contribution >= 4 is 11.6 Å². The van der Waals surface area contributed by atoms with Crippen LogP contribution in [-0.2, 0) is 0 Å². The van der Waals surface area contributed by atoms with Crippen molar-refractivity contribution < 1.29 is 8.78 Å². The van der Waals surface area contributed by atoms with E-state index in [1.54, 1.807) is 0 Å². The molecule has 2 rings (SSSR count). The maximum Gasteiger partial charge on any atom is 0.168 e. The van der Waals surface area contributed by atoms with Crippen LogP contribution in [0.2, 0.25) is 0 Å². The van der Waals surface area contributed by atoms with Crippen molar-refractivity contribution in [1.29, 1.82) is 0 Å². The number of nitrogens with two attached hydrogens (primary N) is 1. The van der Waals surface area contributed by atoms with Gasteiger partial charge in [0.15, 0.2) is 23.3 Å². The molecule has 1 aromatic rings. The number of anilines is 2. The average Bonchev–Trinajstić information content (AvgIpc) is 2.49. The lowest BCUT2D eigenvalue weighted by Crippen LogP contribution is -2.26. The fraction of sp³-hybridized carbons (Fsp3) is 0.583. The largest absolute Gasteiger partial charge is 0.381 e. The van der Waals surface area contributed by atoms with Crippen molar-refractivity contribution in [2.24, 2.45) is 5.92 Å². The van der Waals surface area contributed by atoms with Gasteiger partial charge in [-0.1, -0.05) is 6.92 Å². The van der Waals surface area contributed by atoms with Crippen LogP contribution in [0.3, 0.4) is 0 Å². The summed E-state index contributed by atoms with van der Waals surface area (Å²) in [6.45, 7) is 3.68. The molecule has 0 amide bonds. The summed E-state index contributed by atoms with van der Waals surface area (Å²) in [5.74, 6) is -0.849. The van der Waals surface area contributed by atoms with E-state index in [4.69, 9.17) is 5.73 Å². The molecule has 1 aliphatic rings. The third-order valence-corrected chi connectivity index (χ3v) is 3.25. The number of nitrogen functional groups attached to an aromatic ring is 1. The van der Waals surface area contributed by atoms with Gasteiger partial charge in [0, 0.05) is 19.2 Å². The van der Waals surface area contributed by atoms with E-state index in [0.717, 1.165) is 38.4 Å². The van der Waals surface area contributed by atoms with Gasteiger partial charge in [0.1, 0.15) is 0 Å². The van der Waals surface area contributed by atoms with Crippen LogP contribution >= 0.6 is 0 Å². The number of hydrogen-bond acceptors (Lipinski definition) is 3. The van der Waals surface area contributed by atoms with Gasteiger partial charge in [-0.2, -0.15) is 0 Å². The summed E-state index contributed by atoms with van der Waals surface area (Å²) in [4.78, 5) is 5.67. The molecule has 0 aliphatic carbocycles. The standard InChI is InChI=1S/C12H17F2N3/c1-8-3-2-5-17(6-4-8)12-10(14)7-9(13)11(15)16-12/h7-8H,2-6H2,1H3,(H2,15,16). The molecule has 0 bridgehead atoms. The molecule has 1 unspecified atom stereocenters. The molecule has 1 saturated heterocycles. The molecular formula is C12H17F2N3. The highest BCUT2D eigenvalue weighted by molar-refractivity contribution is 5.47. The highest BCUT2D eigenvalue weighted by Gasteiger charge is 2.19. The van der Waals surface area contributed by atoms with Gasteiger partial charge in [0.2, 0.25) is 0 Å². The van der Waals surface area contributed by atoms with E-state index >= 15 is 0 Å². The maximum atomic E-state index is 13.6. The summed E-state index contributed by atoms with van der Waals surface area (Å²) < 4.78 is 26.7. The Hall–Kier alpha value is -1.39. The minimum atomic E-state index is -0.797. The second-order valence-electron chi connectivity index (χ2n) is 4.68. The maximum absolute atomic E-state index is 13.6. The quantitative estimate of drug-likeness (QED) is 0.821. The second kappa shape index (κ2) is 4.85. The Kier molecular flexibility index (Phi) is 3.45. The molecule has 94 valence electrons. The highest BCUT2D eigenvalue weighted by atomic mass is 19.1. The molecule has 17 heavy (non-hydrogen) atoms. The average molecular weight is 241 g/mol. The zero-order valence-corrected chi connectivity index (χ0v) is 9.92. The highest BCUT2D eigenvalue weighted by Crippen LogP contribution is 2.25. The van der Waals surface area contributed by atoms with Crippen molar-refractivity contribution in [3.63, 3.8) is 0 Å². The third kappa shape index (κ3) is 2.65. The molecule has 1 aromatic heterocycles. The Bertz CT molecular complexity index is 409. The van der Waals surface area contributed by atoms with Crippen molar-refractivity contribution in [3.8, 4) is 0 Å². The van der Waals surface area contributed by atoms with E-state index < -0.39 is 11.6 Å². The van der Waals surface area contributed by atoms with E-state index in [2.05, 4.69) is 11.9 Å². The predicted octanol–water partition coefficient (Wildman–Crippen LogP) is 2.57. The van der Waals surface area contributed by atoms with Crippen LogP contribution in [0.1, 0.15) is 26.2 Å². The monoisotopic (exact) mass is 241 g/mol. The van der Waals surface area contributed by atoms with Crippen LogP contribution in [0.5, 0.6) is 0 Å². The summed E-state index contributed by atoms with van der Waals surface area (Å²) in [5, 5.41) is 0. The van der Waals surface area contributed by atoms with Crippen LogP contribution in [0.15, 0.2) is 6.07 Å². The Morgan fingerprint density at radius 3 is 2.82 bits per heavy atom. The van der Waals surface area contributed by atoms with Gasteiger partial charge in [-0.15, -0.1) is 0 Å². The van der Waals surface area contributed by atoms with Crippen LogP contribution in [0.25, 0.3) is 0 Å². The van der Waals surface area contributed by atoms with E-state index in [0.29, 0.717) is 5.92 Å². The first kappa shape index (κ1) is 12.1. The Balaban J connectivity index is 2.24. The van der Waals surface area contributed by atoms with Gasteiger partial charge in [0.25, 0.3) is 0 Å². The van der Waals surface area contributed by atoms with Crippen LogP contribution in [0, 0.1) is 17.6 Å². The molecule has 0 spiro atoms. The van der Waals surface area contributed by atoms with Gasteiger partial charge in [-0.05, 0) is 25.2 Å². The summed E-state index contributed by atoms with van der Waals surface area (Å²) in [5.41, 5.74) is 5.38. The number of pyridine rings is 1. The molecule has 2 N–H and O–H groups in total. The number of aromatic nitrogens is 1. The molecule has 2 heterocycles. The van der Waals surface area contributed by atoms with Crippen molar-refractivity contribution in [2.45, 2.75) is 26.2 Å². The van der Waals surface area contributed by atoms with Gasteiger partial charge in [-0.25, -0.2) is 13.8 Å². The first-order valence-electron chi connectivity index (χ1n) is 5.94. The number of nitrogens with zero attached hydrogens (tertiary/aromatic N) is 2. The zero-order valence-electron chi connectivity index (χ0n) is 9.92. The van der Waals surface area contributed by atoms with E-state index in [9.17, 15) is 8.78 Å². The smallest absolute Gasteiger partial charge is 0.168 e. The van der Waals surface area contributed by atoms with Gasteiger partial charge < -0.3 is 10.6 Å². The lowest BCUT2D eigenvalue weighted by Gasteiger charge is -2.22. The second-order valence-corrected chi connectivity index (χ2v) is 4.68. The van der Waals surface area contributed by atoms with Gasteiger partial charge >= 0.3 is 0 Å². The summed E-state index contributed by atoms with van der Waals surface area (Å²) in [6, 6.07) is 0.811. The summed E-state index contributed by atoms with van der Waals surface area (Å²) in [7, 11) is 0. The fourth-order valence-electron chi connectivity index (χ4n) is 2.17. The molecular weight excluding hydrogens is 224 g/mol. The first-order valence-corrected chi connectivity index (χ1v) is 5.94. The summed E-state index contributed by atoms with van der Waals surface area (Å²) >= 11 is 0. The minimum absolute atomic E-state index is 0.179. The van der Waals surface area contributed by atoms with E-state index in [1.165, 1.54) is 0 Å². The SMILES string of the molecule is CC1CCCN(c2nc(N)c(F)cc2F)CC1. The Morgan fingerprint density at radius 2 is 2.06 bits per heavy atom. The first-order chi connectivity index (χ1) is 8.08. The van der Waals surface area contributed by atoms with Crippen LogP contribution < -0.4 is 10.6 Å². The predicted molar refractivity (Wildman–Crippen MR) is 63.8 cm³/mol. The zero-order chi connectivity index (χ0) is 12.4. The van der Waals surface area contributed by atoms with E-state index in [1.807, 2.05) is 4.90 Å². The van der Waals surface area contributed by atoms with Gasteiger partial charge in [0.05, 0.1) is 0 Å². The normalized spacial score (nSPS) is 21.4. The molecule has 3 nitrogen and oxygen atoms in total. The fourth-order valence-corrected chi connectivity index (χ4v) is 2.17. The van der Waals surface area contributed by atoms with Crippen molar-refractivity contribution in [3.05, 3.63) is 17.7 Å². The molecule has 0 saturated carbocycles. The van der Waals surface area contributed by atoms with E-state index in [-0.39, 0.29) is 11.6 Å². The lowest BCUT2D eigenvalue weighted by atomic mass is 10.0. The van der Waals surface area contributed by atoms with Crippen LogP contribution in [0.4, 0.5) is 20.4 Å². The lowest BCUT2D eigenvalue weighted by molar-refractivity contribution is 0.520. The van der Waals surface area contributed by atoms with Gasteiger partial charge in [-0.3, -0.25) is 0 Å². The molecule has 1 fully saturated rings. The molecule has 0 radical (unpaired) electrons. The topological polar surface area (TPSA) is 42.2 Å². The Labute approximate surface area is 99.6 Å². The molecule has 5 heteroatoms. The summed E-state index contributed by atoms with van der Waals surface area (Å²) in [6.07, 6.45) is 3.13. The molecule has 0 aromatic carbocycles. The molecule has 1 aliphatic heterocycles.